The van der Waals surface area contributed by atoms with Crippen molar-refractivity contribution in [2.24, 2.45) is 0 Å². The number of carbonyl (C=O) groups is 1. The molecular weight excluding hydrogens is 220 g/mol. The smallest absolute Gasteiger partial charge is 0.193 e. The van der Waals surface area contributed by atoms with Crippen LogP contribution in [0.1, 0.15) is 46.5 Å². The van der Waals surface area contributed by atoms with E-state index >= 15 is 0 Å². The summed E-state index contributed by atoms with van der Waals surface area (Å²) in [4.78, 5) is 12.5. The summed E-state index contributed by atoms with van der Waals surface area (Å²) in [6.45, 7) is 6.48. The van der Waals surface area contributed by atoms with Crippen LogP contribution in [0, 0.1) is 6.92 Å². The summed E-state index contributed by atoms with van der Waals surface area (Å²) in [5.74, 6) is 0.156. The van der Waals surface area contributed by atoms with Gasteiger partial charge in [0.05, 0.1) is 0 Å². The van der Waals surface area contributed by atoms with Crippen molar-refractivity contribution in [3.63, 3.8) is 0 Å². The van der Waals surface area contributed by atoms with Gasteiger partial charge in [-0.15, -0.1) is 0 Å². The van der Waals surface area contributed by atoms with Gasteiger partial charge in [-0.25, -0.2) is 0 Å². The van der Waals surface area contributed by atoms with Crippen molar-refractivity contribution in [3.05, 3.63) is 70.3 Å². The lowest BCUT2D eigenvalue weighted by Gasteiger charge is -2.35. The average Bonchev–Trinajstić information content (AvgIpc) is 2.36. The summed E-state index contributed by atoms with van der Waals surface area (Å²) in [6.07, 6.45) is 0. The van der Waals surface area contributed by atoms with Crippen LogP contribution < -0.4 is 0 Å². The highest BCUT2D eigenvalue weighted by atomic mass is 16.1. The Morgan fingerprint density at radius 3 is 2.33 bits per heavy atom. The van der Waals surface area contributed by atoms with Crippen LogP contribution in [0.2, 0.25) is 0 Å². The molecule has 0 radical (unpaired) electrons. The molecule has 90 valence electrons. The van der Waals surface area contributed by atoms with Gasteiger partial charge >= 0.3 is 0 Å². The average molecular weight is 236 g/mol. The van der Waals surface area contributed by atoms with Crippen molar-refractivity contribution < 1.29 is 4.79 Å². The molecule has 3 rings (SSSR count). The Hall–Kier alpha value is -1.89. The molecule has 0 saturated carbocycles. The van der Waals surface area contributed by atoms with Crippen LogP contribution in [0.3, 0.4) is 0 Å². The molecule has 1 heteroatoms. The van der Waals surface area contributed by atoms with Crippen LogP contribution in [-0.4, -0.2) is 5.78 Å². The molecule has 0 spiro atoms. The quantitative estimate of drug-likeness (QED) is 0.678. The molecule has 0 bridgehead atoms. The maximum Gasteiger partial charge on any atom is 0.193 e. The van der Waals surface area contributed by atoms with E-state index in [1.165, 1.54) is 11.1 Å². The summed E-state index contributed by atoms with van der Waals surface area (Å²) in [5, 5.41) is 0. The van der Waals surface area contributed by atoms with Crippen LogP contribution in [0.4, 0.5) is 0 Å². The lowest BCUT2D eigenvalue weighted by atomic mass is 9.67. The van der Waals surface area contributed by atoms with Crippen LogP contribution in [0.25, 0.3) is 0 Å². The van der Waals surface area contributed by atoms with Gasteiger partial charge in [0.25, 0.3) is 0 Å². The minimum atomic E-state index is -0.106. The van der Waals surface area contributed by atoms with Gasteiger partial charge in [-0.3, -0.25) is 4.79 Å². The minimum Gasteiger partial charge on any atom is -0.289 e. The van der Waals surface area contributed by atoms with E-state index < -0.39 is 0 Å². The summed E-state index contributed by atoms with van der Waals surface area (Å²) in [7, 11) is 0. The van der Waals surface area contributed by atoms with E-state index in [9.17, 15) is 4.79 Å². The van der Waals surface area contributed by atoms with Gasteiger partial charge in [0.15, 0.2) is 5.78 Å². The van der Waals surface area contributed by atoms with Crippen molar-refractivity contribution in [1.29, 1.82) is 0 Å². The second kappa shape index (κ2) is 3.55. The molecule has 18 heavy (non-hydrogen) atoms. The summed E-state index contributed by atoms with van der Waals surface area (Å²) < 4.78 is 0. The number of hydrogen-bond donors (Lipinski definition) is 0. The number of benzene rings is 2. The van der Waals surface area contributed by atoms with E-state index in [0.29, 0.717) is 0 Å². The van der Waals surface area contributed by atoms with Crippen molar-refractivity contribution in [2.45, 2.75) is 26.2 Å². The molecule has 2 aromatic rings. The van der Waals surface area contributed by atoms with E-state index in [1.54, 1.807) is 0 Å². The topological polar surface area (TPSA) is 17.1 Å². The number of ketones is 1. The van der Waals surface area contributed by atoms with Crippen LogP contribution >= 0.6 is 0 Å². The fourth-order valence-corrected chi connectivity index (χ4v) is 3.19. The monoisotopic (exact) mass is 236 g/mol. The Balaban J connectivity index is 2.41. The molecule has 0 N–H and O–H groups in total. The standard InChI is InChI=1S/C17H16O/c1-11-7-6-9-13-15(11)17(2,3)14-10-5-4-8-12(14)16(13)18/h4-10H,1-3H3. The molecule has 0 heterocycles. The fraction of sp³-hybridized carbons (Fsp3) is 0.235. The molecule has 2 aromatic carbocycles. The molecule has 0 atom stereocenters. The maximum atomic E-state index is 12.5. The lowest BCUT2D eigenvalue weighted by molar-refractivity contribution is 0.103. The highest BCUT2D eigenvalue weighted by Gasteiger charge is 2.37. The highest BCUT2D eigenvalue weighted by Crippen LogP contribution is 2.42. The number of aryl methyl sites for hydroxylation is 1. The minimum absolute atomic E-state index is 0.106. The molecule has 1 aliphatic rings. The second-order valence-corrected chi connectivity index (χ2v) is 5.50. The maximum absolute atomic E-state index is 12.5. The molecule has 0 unspecified atom stereocenters. The Morgan fingerprint density at radius 2 is 1.56 bits per heavy atom. The van der Waals surface area contributed by atoms with Crippen molar-refractivity contribution >= 4 is 5.78 Å². The predicted octanol–water partition coefficient (Wildman–Crippen LogP) is 3.87. The SMILES string of the molecule is Cc1cccc2c1C(C)(C)c1ccccc1C2=O. The van der Waals surface area contributed by atoms with Gasteiger partial charge in [-0.2, -0.15) is 0 Å². The van der Waals surface area contributed by atoms with Crippen molar-refractivity contribution in [3.8, 4) is 0 Å². The van der Waals surface area contributed by atoms with Crippen LogP contribution in [0.5, 0.6) is 0 Å². The molecule has 1 aliphatic carbocycles. The van der Waals surface area contributed by atoms with Gasteiger partial charge < -0.3 is 0 Å². The zero-order valence-electron chi connectivity index (χ0n) is 10.9. The third-order valence-electron chi connectivity index (χ3n) is 3.99. The Labute approximate surface area is 107 Å². The molecule has 0 aromatic heterocycles. The lowest BCUT2D eigenvalue weighted by Crippen LogP contribution is -2.31. The summed E-state index contributed by atoms with van der Waals surface area (Å²) in [5.41, 5.74) is 5.11. The molecule has 0 saturated heterocycles. The van der Waals surface area contributed by atoms with E-state index in [4.69, 9.17) is 0 Å². The van der Waals surface area contributed by atoms with E-state index in [-0.39, 0.29) is 11.2 Å². The Bertz CT molecular complexity index is 650. The number of rotatable bonds is 0. The summed E-state index contributed by atoms with van der Waals surface area (Å²) >= 11 is 0. The molecule has 0 fully saturated rings. The Morgan fingerprint density at radius 1 is 0.889 bits per heavy atom. The van der Waals surface area contributed by atoms with Crippen LogP contribution in [-0.2, 0) is 5.41 Å². The van der Waals surface area contributed by atoms with E-state index in [2.05, 4.69) is 32.9 Å². The molecule has 1 nitrogen and oxygen atoms in total. The first-order valence-corrected chi connectivity index (χ1v) is 6.28. The van der Waals surface area contributed by atoms with Crippen LogP contribution in [0.15, 0.2) is 42.5 Å². The van der Waals surface area contributed by atoms with Crippen molar-refractivity contribution in [1.82, 2.24) is 0 Å². The van der Waals surface area contributed by atoms with E-state index in [0.717, 1.165) is 16.7 Å². The predicted molar refractivity (Wildman–Crippen MR) is 73.2 cm³/mol. The van der Waals surface area contributed by atoms with Gasteiger partial charge in [-0.1, -0.05) is 56.3 Å². The molecule has 0 amide bonds. The highest BCUT2D eigenvalue weighted by molar-refractivity contribution is 6.13. The third-order valence-corrected chi connectivity index (χ3v) is 3.99. The first kappa shape index (κ1) is 11.2. The fourth-order valence-electron chi connectivity index (χ4n) is 3.19. The normalized spacial score (nSPS) is 16.1. The van der Waals surface area contributed by atoms with Gasteiger partial charge in [0.2, 0.25) is 0 Å². The largest absolute Gasteiger partial charge is 0.289 e. The zero-order valence-corrected chi connectivity index (χ0v) is 10.9. The van der Waals surface area contributed by atoms with Gasteiger partial charge in [0, 0.05) is 16.5 Å². The summed E-state index contributed by atoms with van der Waals surface area (Å²) in [6, 6.07) is 14.0. The number of carbonyl (C=O) groups excluding carboxylic acids is 1. The van der Waals surface area contributed by atoms with Gasteiger partial charge in [0.1, 0.15) is 0 Å². The zero-order chi connectivity index (χ0) is 12.9. The first-order valence-electron chi connectivity index (χ1n) is 6.28. The number of fused-ring (bicyclic) bond motifs is 2. The van der Waals surface area contributed by atoms with Crippen molar-refractivity contribution in [2.75, 3.05) is 0 Å². The van der Waals surface area contributed by atoms with E-state index in [1.807, 2.05) is 30.3 Å². The first-order chi connectivity index (χ1) is 8.53. The van der Waals surface area contributed by atoms with Gasteiger partial charge in [-0.05, 0) is 23.6 Å². The third kappa shape index (κ3) is 1.30. The second-order valence-electron chi connectivity index (χ2n) is 5.50. The molecule has 0 aliphatic heterocycles. The molecular formula is C17H16O. The number of hydrogen-bond acceptors (Lipinski definition) is 1. The Kier molecular flexibility index (Phi) is 2.21.